The summed E-state index contributed by atoms with van der Waals surface area (Å²) in [6, 6.07) is 8.24. The molecule has 0 bridgehead atoms. The molecule has 0 spiro atoms. The van der Waals surface area contributed by atoms with E-state index in [1.807, 2.05) is 20.8 Å². The van der Waals surface area contributed by atoms with E-state index >= 15 is 0 Å². The summed E-state index contributed by atoms with van der Waals surface area (Å²) in [6.45, 7) is 8.32. The third-order valence-corrected chi connectivity index (χ3v) is 2.62. The molecule has 0 aromatic heterocycles. The van der Waals surface area contributed by atoms with E-state index < -0.39 is 5.60 Å². The Hall–Kier alpha value is -2.04. The first-order chi connectivity index (χ1) is 9.80. The molecular formula is C16H25N3O2. The predicted octanol–water partition coefficient (Wildman–Crippen LogP) is 2.00. The SMILES string of the molecule is CN=C(NCC(=O)OC(C)(C)C)NCc1ccc(C)cc1. The van der Waals surface area contributed by atoms with Crippen molar-refractivity contribution >= 4 is 11.9 Å². The molecule has 0 atom stereocenters. The molecule has 1 rings (SSSR count). The minimum atomic E-state index is -0.475. The minimum Gasteiger partial charge on any atom is -0.459 e. The molecule has 0 aliphatic carbocycles. The van der Waals surface area contributed by atoms with Crippen molar-refractivity contribution < 1.29 is 9.53 Å². The van der Waals surface area contributed by atoms with Gasteiger partial charge in [-0.3, -0.25) is 9.79 Å². The van der Waals surface area contributed by atoms with Gasteiger partial charge < -0.3 is 15.4 Å². The minimum absolute atomic E-state index is 0.0881. The van der Waals surface area contributed by atoms with E-state index in [0.29, 0.717) is 12.5 Å². The Labute approximate surface area is 126 Å². The number of hydrogen-bond acceptors (Lipinski definition) is 3. The number of nitrogens with one attached hydrogen (secondary N) is 2. The average Bonchev–Trinajstić information content (AvgIpc) is 2.39. The zero-order valence-electron chi connectivity index (χ0n) is 13.5. The van der Waals surface area contributed by atoms with E-state index in [4.69, 9.17) is 4.74 Å². The van der Waals surface area contributed by atoms with Gasteiger partial charge in [-0.2, -0.15) is 0 Å². The summed E-state index contributed by atoms with van der Waals surface area (Å²) < 4.78 is 5.22. The van der Waals surface area contributed by atoms with Crippen LogP contribution in [0.5, 0.6) is 0 Å². The van der Waals surface area contributed by atoms with Crippen LogP contribution in [0.1, 0.15) is 31.9 Å². The van der Waals surface area contributed by atoms with Crippen molar-refractivity contribution in [2.45, 2.75) is 39.8 Å². The molecule has 0 saturated heterocycles. The lowest BCUT2D eigenvalue weighted by Crippen LogP contribution is -2.41. The van der Waals surface area contributed by atoms with Crippen molar-refractivity contribution in [3.63, 3.8) is 0 Å². The lowest BCUT2D eigenvalue weighted by atomic mass is 10.1. The number of nitrogens with zero attached hydrogens (tertiary/aromatic N) is 1. The van der Waals surface area contributed by atoms with Crippen LogP contribution in [0.2, 0.25) is 0 Å². The van der Waals surface area contributed by atoms with Gasteiger partial charge in [0.15, 0.2) is 5.96 Å². The maximum absolute atomic E-state index is 11.6. The molecule has 2 N–H and O–H groups in total. The van der Waals surface area contributed by atoms with Gasteiger partial charge >= 0.3 is 5.97 Å². The molecule has 0 aliphatic heterocycles. The van der Waals surface area contributed by atoms with Gasteiger partial charge in [-0.1, -0.05) is 29.8 Å². The number of carbonyl (C=O) groups excluding carboxylic acids is 1. The molecule has 0 heterocycles. The van der Waals surface area contributed by atoms with Crippen molar-refractivity contribution in [3.8, 4) is 0 Å². The smallest absolute Gasteiger partial charge is 0.325 e. The fourth-order valence-electron chi connectivity index (χ4n) is 1.65. The summed E-state index contributed by atoms with van der Waals surface area (Å²) in [5.74, 6) is 0.266. The number of rotatable bonds is 4. The second-order valence-electron chi connectivity index (χ2n) is 5.85. The molecular weight excluding hydrogens is 266 g/mol. The fourth-order valence-corrected chi connectivity index (χ4v) is 1.65. The average molecular weight is 291 g/mol. The highest BCUT2D eigenvalue weighted by Crippen LogP contribution is 2.06. The molecule has 0 unspecified atom stereocenters. The van der Waals surface area contributed by atoms with E-state index in [9.17, 15) is 4.79 Å². The number of ether oxygens (including phenoxy) is 1. The molecule has 5 nitrogen and oxygen atoms in total. The van der Waals surface area contributed by atoms with Gasteiger partial charge in [-0.25, -0.2) is 0 Å². The normalized spacial score (nSPS) is 12.0. The van der Waals surface area contributed by atoms with Gasteiger partial charge in [0.05, 0.1) is 0 Å². The molecule has 116 valence electrons. The monoisotopic (exact) mass is 291 g/mol. The maximum Gasteiger partial charge on any atom is 0.325 e. The first kappa shape index (κ1) is 17.0. The largest absolute Gasteiger partial charge is 0.459 e. The lowest BCUT2D eigenvalue weighted by molar-refractivity contribution is -0.153. The zero-order chi connectivity index (χ0) is 15.9. The summed E-state index contributed by atoms with van der Waals surface area (Å²) in [7, 11) is 1.67. The maximum atomic E-state index is 11.6. The highest BCUT2D eigenvalue weighted by atomic mass is 16.6. The van der Waals surface area contributed by atoms with E-state index in [-0.39, 0.29) is 12.5 Å². The lowest BCUT2D eigenvalue weighted by Gasteiger charge is -2.20. The van der Waals surface area contributed by atoms with Crippen LogP contribution in [0.25, 0.3) is 0 Å². The zero-order valence-corrected chi connectivity index (χ0v) is 13.5. The Morgan fingerprint density at radius 3 is 2.33 bits per heavy atom. The number of carbonyl (C=O) groups is 1. The van der Waals surface area contributed by atoms with Crippen LogP contribution in [0.3, 0.4) is 0 Å². The molecule has 1 aromatic carbocycles. The fraction of sp³-hybridized carbons (Fsp3) is 0.500. The number of guanidine groups is 1. The van der Waals surface area contributed by atoms with Crippen LogP contribution in [0, 0.1) is 6.92 Å². The van der Waals surface area contributed by atoms with E-state index in [1.165, 1.54) is 5.56 Å². The summed E-state index contributed by atoms with van der Waals surface area (Å²) in [5.41, 5.74) is 1.91. The van der Waals surface area contributed by atoms with Crippen molar-refractivity contribution in [3.05, 3.63) is 35.4 Å². The Morgan fingerprint density at radius 2 is 1.81 bits per heavy atom. The van der Waals surface area contributed by atoms with Crippen LogP contribution in [0.4, 0.5) is 0 Å². The summed E-state index contributed by atoms with van der Waals surface area (Å²) >= 11 is 0. The quantitative estimate of drug-likeness (QED) is 0.506. The van der Waals surface area contributed by atoms with Crippen molar-refractivity contribution in [2.24, 2.45) is 4.99 Å². The first-order valence-corrected chi connectivity index (χ1v) is 7.02. The van der Waals surface area contributed by atoms with E-state index in [2.05, 4.69) is 46.8 Å². The van der Waals surface area contributed by atoms with Crippen LogP contribution in [0.15, 0.2) is 29.3 Å². The van der Waals surface area contributed by atoms with Crippen molar-refractivity contribution in [1.29, 1.82) is 0 Å². The first-order valence-electron chi connectivity index (χ1n) is 7.02. The molecule has 0 fully saturated rings. The standard InChI is InChI=1S/C16H25N3O2/c1-12-6-8-13(9-7-12)10-18-15(17-5)19-11-14(20)21-16(2,3)4/h6-9H,10-11H2,1-5H3,(H2,17,18,19). The molecule has 0 saturated carbocycles. The van der Waals surface area contributed by atoms with Gasteiger partial charge in [0.1, 0.15) is 12.1 Å². The number of aryl methyl sites for hydroxylation is 1. The third kappa shape index (κ3) is 7.34. The van der Waals surface area contributed by atoms with Gasteiger partial charge in [-0.15, -0.1) is 0 Å². The Kier molecular flexibility index (Phi) is 6.21. The highest BCUT2D eigenvalue weighted by Gasteiger charge is 2.16. The summed E-state index contributed by atoms with van der Waals surface area (Å²) in [4.78, 5) is 15.7. The highest BCUT2D eigenvalue weighted by molar-refractivity contribution is 5.84. The summed E-state index contributed by atoms with van der Waals surface area (Å²) in [5, 5.41) is 6.09. The number of hydrogen-bond donors (Lipinski definition) is 2. The third-order valence-electron chi connectivity index (χ3n) is 2.62. The van der Waals surface area contributed by atoms with Gasteiger partial charge in [0.25, 0.3) is 0 Å². The van der Waals surface area contributed by atoms with Crippen LogP contribution >= 0.6 is 0 Å². The van der Waals surface area contributed by atoms with Crippen molar-refractivity contribution in [1.82, 2.24) is 10.6 Å². The van der Waals surface area contributed by atoms with Gasteiger partial charge in [0.2, 0.25) is 0 Å². The molecule has 5 heteroatoms. The van der Waals surface area contributed by atoms with Crippen molar-refractivity contribution in [2.75, 3.05) is 13.6 Å². The molecule has 0 aliphatic rings. The van der Waals surface area contributed by atoms with Gasteiger partial charge in [0, 0.05) is 13.6 Å². The molecule has 1 aromatic rings. The second kappa shape index (κ2) is 7.67. The van der Waals surface area contributed by atoms with Crippen LogP contribution in [-0.4, -0.2) is 31.1 Å². The number of aliphatic imine (C=N–C) groups is 1. The predicted molar refractivity (Wildman–Crippen MR) is 85.2 cm³/mol. The van der Waals surface area contributed by atoms with E-state index in [0.717, 1.165) is 5.56 Å². The summed E-state index contributed by atoms with van der Waals surface area (Å²) in [6.07, 6.45) is 0. The topological polar surface area (TPSA) is 62.7 Å². The number of esters is 1. The van der Waals surface area contributed by atoms with Gasteiger partial charge in [-0.05, 0) is 33.3 Å². The number of benzene rings is 1. The molecule has 21 heavy (non-hydrogen) atoms. The van der Waals surface area contributed by atoms with E-state index in [1.54, 1.807) is 7.05 Å². The Bertz CT molecular complexity index is 487. The molecule has 0 radical (unpaired) electrons. The Morgan fingerprint density at radius 1 is 1.19 bits per heavy atom. The Balaban J connectivity index is 2.39. The second-order valence-corrected chi connectivity index (χ2v) is 5.85. The van der Waals surface area contributed by atoms with Crippen LogP contribution < -0.4 is 10.6 Å². The van der Waals surface area contributed by atoms with Crippen LogP contribution in [-0.2, 0) is 16.1 Å². The molecule has 0 amide bonds.